The SMILES string of the molecule is C/C(C#N)=C/c1ccc(-c2ccc(-c3ccc(N(c4ccc(C)cc4)c4ccc(C)cc4)s3)s2)s1. The van der Waals surface area contributed by atoms with Crippen LogP contribution in [0.4, 0.5) is 16.4 Å². The number of nitriles is 1. The van der Waals surface area contributed by atoms with Gasteiger partial charge in [0.15, 0.2) is 0 Å². The van der Waals surface area contributed by atoms with Gasteiger partial charge in [0.2, 0.25) is 0 Å². The second-order valence-corrected chi connectivity index (χ2v) is 11.7. The maximum absolute atomic E-state index is 9.05. The maximum Gasteiger partial charge on any atom is 0.101 e. The molecule has 0 aliphatic heterocycles. The summed E-state index contributed by atoms with van der Waals surface area (Å²) in [6.07, 6.45) is 1.94. The highest BCUT2D eigenvalue weighted by Crippen LogP contribution is 2.45. The molecule has 0 atom stereocenters. The fraction of sp³-hybridized carbons (Fsp3) is 0.100. The third kappa shape index (κ3) is 5.16. The summed E-state index contributed by atoms with van der Waals surface area (Å²) in [6, 6.07) is 32.7. The Labute approximate surface area is 218 Å². The smallest absolute Gasteiger partial charge is 0.101 e. The predicted octanol–water partition coefficient (Wildman–Crippen LogP) is 10.2. The second kappa shape index (κ2) is 10.1. The molecule has 5 rings (SSSR count). The molecule has 0 amide bonds. The first-order chi connectivity index (χ1) is 17.0. The summed E-state index contributed by atoms with van der Waals surface area (Å²) in [4.78, 5) is 8.45. The number of thiophene rings is 3. The molecule has 3 aromatic heterocycles. The van der Waals surface area contributed by atoms with Gasteiger partial charge in [0, 0.05) is 41.3 Å². The minimum Gasteiger partial charge on any atom is -0.302 e. The van der Waals surface area contributed by atoms with Crippen LogP contribution in [-0.4, -0.2) is 0 Å². The third-order valence-corrected chi connectivity index (χ3v) is 9.23. The van der Waals surface area contributed by atoms with Crippen molar-refractivity contribution in [3.63, 3.8) is 0 Å². The molecular weight excluding hydrogens is 485 g/mol. The summed E-state index contributed by atoms with van der Waals surface area (Å²) in [7, 11) is 0. The Bertz CT molecular complexity index is 1480. The number of hydrogen-bond acceptors (Lipinski definition) is 5. The van der Waals surface area contributed by atoms with E-state index in [1.165, 1.54) is 35.6 Å². The first kappa shape index (κ1) is 23.3. The van der Waals surface area contributed by atoms with Crippen molar-refractivity contribution in [2.24, 2.45) is 0 Å². The van der Waals surface area contributed by atoms with Gasteiger partial charge >= 0.3 is 0 Å². The van der Waals surface area contributed by atoms with Crippen molar-refractivity contribution in [2.75, 3.05) is 4.90 Å². The molecule has 0 saturated carbocycles. The Morgan fingerprint density at radius 3 is 1.71 bits per heavy atom. The first-order valence-electron chi connectivity index (χ1n) is 11.3. The van der Waals surface area contributed by atoms with Gasteiger partial charge in [-0.1, -0.05) is 35.4 Å². The summed E-state index contributed by atoms with van der Waals surface area (Å²) in [5.41, 5.74) is 5.55. The Kier molecular flexibility index (Phi) is 6.70. The van der Waals surface area contributed by atoms with Crippen LogP contribution >= 0.6 is 34.0 Å². The lowest BCUT2D eigenvalue weighted by Gasteiger charge is -2.24. The average Bonchev–Trinajstić information content (AvgIpc) is 3.62. The fourth-order valence-corrected chi connectivity index (χ4v) is 7.03. The zero-order valence-corrected chi connectivity index (χ0v) is 22.2. The molecule has 2 aromatic carbocycles. The van der Waals surface area contributed by atoms with Gasteiger partial charge in [-0.3, -0.25) is 0 Å². The van der Waals surface area contributed by atoms with Crippen LogP contribution in [0.25, 0.3) is 25.6 Å². The molecule has 2 nitrogen and oxygen atoms in total. The zero-order valence-electron chi connectivity index (χ0n) is 19.8. The second-order valence-electron chi connectivity index (χ2n) is 8.45. The van der Waals surface area contributed by atoms with Gasteiger partial charge in [-0.15, -0.1) is 34.0 Å². The number of rotatable bonds is 6. The lowest BCUT2D eigenvalue weighted by Crippen LogP contribution is -2.08. The molecule has 0 saturated heterocycles. The fourth-order valence-electron chi connectivity index (χ4n) is 3.78. The molecule has 35 heavy (non-hydrogen) atoms. The van der Waals surface area contributed by atoms with E-state index in [0.717, 1.165) is 21.8 Å². The van der Waals surface area contributed by atoms with Gasteiger partial charge in [0.05, 0.1) is 6.07 Å². The lowest BCUT2D eigenvalue weighted by atomic mass is 10.1. The van der Waals surface area contributed by atoms with Gasteiger partial charge in [-0.25, -0.2) is 0 Å². The number of benzene rings is 2. The molecule has 0 unspecified atom stereocenters. The standard InChI is InChI=1S/C30H24N2S3/c1-20-4-8-23(9-5-20)32(24-10-6-21(2)7-11-24)30-17-16-29(35-30)28-15-14-27(34-28)26-13-12-25(33-26)18-22(3)19-31/h4-18H,1-3H3/b22-18-. The van der Waals surface area contributed by atoms with Crippen LogP contribution in [0.3, 0.4) is 0 Å². The van der Waals surface area contributed by atoms with E-state index in [-0.39, 0.29) is 0 Å². The van der Waals surface area contributed by atoms with Crippen molar-refractivity contribution in [1.29, 1.82) is 5.26 Å². The summed E-state index contributed by atoms with van der Waals surface area (Å²) in [5, 5.41) is 10.2. The van der Waals surface area contributed by atoms with Crippen LogP contribution in [-0.2, 0) is 0 Å². The predicted molar refractivity (Wildman–Crippen MR) is 154 cm³/mol. The van der Waals surface area contributed by atoms with Crippen LogP contribution < -0.4 is 4.90 Å². The Morgan fingerprint density at radius 1 is 0.657 bits per heavy atom. The van der Waals surface area contributed by atoms with Gasteiger partial charge in [-0.05, 0) is 87.5 Å². The van der Waals surface area contributed by atoms with Crippen LogP contribution in [0, 0.1) is 25.2 Å². The molecule has 0 fully saturated rings. The normalized spacial score (nSPS) is 11.4. The largest absolute Gasteiger partial charge is 0.302 e. The van der Waals surface area contributed by atoms with Crippen LogP contribution in [0.15, 0.2) is 90.5 Å². The molecule has 172 valence electrons. The molecular formula is C30H24N2S3. The van der Waals surface area contributed by atoms with E-state index in [9.17, 15) is 0 Å². The van der Waals surface area contributed by atoms with Gasteiger partial charge in [0.25, 0.3) is 0 Å². The van der Waals surface area contributed by atoms with E-state index < -0.39 is 0 Å². The Morgan fingerprint density at radius 2 is 1.14 bits per heavy atom. The number of nitrogens with zero attached hydrogens (tertiary/aromatic N) is 2. The minimum absolute atomic E-state index is 0.725. The molecule has 0 bridgehead atoms. The van der Waals surface area contributed by atoms with Crippen molar-refractivity contribution < 1.29 is 0 Å². The zero-order chi connectivity index (χ0) is 24.4. The highest BCUT2D eigenvalue weighted by molar-refractivity contribution is 7.27. The number of hydrogen-bond donors (Lipinski definition) is 0. The lowest BCUT2D eigenvalue weighted by molar-refractivity contribution is 1.29. The van der Waals surface area contributed by atoms with Crippen molar-refractivity contribution in [2.45, 2.75) is 20.8 Å². The monoisotopic (exact) mass is 508 g/mol. The molecule has 0 radical (unpaired) electrons. The molecule has 0 spiro atoms. The Balaban J connectivity index is 1.46. The van der Waals surface area contributed by atoms with E-state index in [2.05, 4.69) is 110 Å². The molecule has 0 aliphatic rings. The van der Waals surface area contributed by atoms with Crippen molar-refractivity contribution >= 4 is 56.5 Å². The summed E-state index contributed by atoms with van der Waals surface area (Å²) >= 11 is 5.35. The van der Waals surface area contributed by atoms with E-state index in [1.54, 1.807) is 11.3 Å². The first-order valence-corrected chi connectivity index (χ1v) is 13.8. The highest BCUT2D eigenvalue weighted by Gasteiger charge is 2.16. The molecule has 0 aliphatic carbocycles. The number of aryl methyl sites for hydroxylation is 2. The van der Waals surface area contributed by atoms with E-state index >= 15 is 0 Å². The minimum atomic E-state index is 0.725. The summed E-state index contributed by atoms with van der Waals surface area (Å²) in [6.45, 7) is 6.08. The highest BCUT2D eigenvalue weighted by atomic mass is 32.1. The molecule has 0 N–H and O–H groups in total. The number of anilines is 3. The molecule has 3 heterocycles. The van der Waals surface area contributed by atoms with E-state index in [4.69, 9.17) is 5.26 Å². The van der Waals surface area contributed by atoms with E-state index in [1.807, 2.05) is 35.7 Å². The summed E-state index contributed by atoms with van der Waals surface area (Å²) in [5.74, 6) is 0. The average molecular weight is 509 g/mol. The summed E-state index contributed by atoms with van der Waals surface area (Å²) < 4.78 is 0. The van der Waals surface area contributed by atoms with Crippen LogP contribution in [0.5, 0.6) is 0 Å². The van der Waals surface area contributed by atoms with Crippen molar-refractivity contribution in [3.05, 3.63) is 107 Å². The third-order valence-electron chi connectivity index (χ3n) is 5.65. The van der Waals surface area contributed by atoms with Gasteiger partial charge in [-0.2, -0.15) is 5.26 Å². The van der Waals surface area contributed by atoms with Gasteiger partial charge < -0.3 is 4.90 Å². The maximum atomic E-state index is 9.05. The van der Waals surface area contributed by atoms with Crippen LogP contribution in [0.1, 0.15) is 22.9 Å². The molecule has 5 heteroatoms. The Hall–Kier alpha value is -3.43. The number of allylic oxidation sites excluding steroid dienone is 1. The van der Waals surface area contributed by atoms with E-state index in [0.29, 0.717) is 0 Å². The quantitative estimate of drug-likeness (QED) is 0.213. The molecule has 5 aromatic rings. The van der Waals surface area contributed by atoms with Gasteiger partial charge in [0.1, 0.15) is 5.00 Å². The van der Waals surface area contributed by atoms with Crippen molar-refractivity contribution in [1.82, 2.24) is 0 Å². The topological polar surface area (TPSA) is 27.0 Å². The van der Waals surface area contributed by atoms with Crippen molar-refractivity contribution in [3.8, 4) is 25.6 Å². The van der Waals surface area contributed by atoms with Crippen LogP contribution in [0.2, 0.25) is 0 Å².